The van der Waals surface area contributed by atoms with Gasteiger partial charge < -0.3 is 18.6 Å². The average Bonchev–Trinajstić information content (AvgIpc) is 3.28. The minimum Gasteiger partial charge on any atom is -0.496 e. The largest absolute Gasteiger partial charge is 0.496 e. The molecule has 3 aromatic rings. The Morgan fingerprint density at radius 1 is 1.03 bits per heavy atom. The molecule has 1 atom stereocenters. The van der Waals surface area contributed by atoms with Gasteiger partial charge in [-0.2, -0.15) is 13.2 Å². The van der Waals surface area contributed by atoms with Gasteiger partial charge in [-0.3, -0.25) is 4.79 Å². The van der Waals surface area contributed by atoms with Crippen LogP contribution >= 0.6 is 0 Å². The van der Waals surface area contributed by atoms with Crippen LogP contribution in [0.2, 0.25) is 0 Å². The summed E-state index contributed by atoms with van der Waals surface area (Å²) >= 11 is 0. The molecule has 2 aromatic carbocycles. The molecule has 0 saturated heterocycles. The average molecular weight is 521 g/mol. The van der Waals surface area contributed by atoms with E-state index in [-0.39, 0.29) is 5.75 Å². The summed E-state index contributed by atoms with van der Waals surface area (Å²) in [5.74, 6) is 0.290. The minimum absolute atomic E-state index is 0.220. The second kappa shape index (κ2) is 11.9. The van der Waals surface area contributed by atoms with E-state index >= 15 is 0 Å². The normalized spacial score (nSPS) is 13.5. The molecule has 1 unspecified atom stereocenters. The molecule has 5 nitrogen and oxygen atoms in total. The zero-order valence-electron chi connectivity index (χ0n) is 22.0. The highest BCUT2D eigenvalue weighted by Gasteiger charge is 2.53. The Kier molecular flexibility index (Phi) is 9.16. The second-order valence-corrected chi connectivity index (χ2v) is 9.91. The number of unbranched alkanes of at least 4 members (excludes halogenated alkanes) is 2. The number of carbonyl (C=O) groups excluding carboxylic acids is 1. The van der Waals surface area contributed by atoms with Crippen molar-refractivity contribution in [1.82, 2.24) is 0 Å². The van der Waals surface area contributed by atoms with Gasteiger partial charge in [-0.25, -0.2) is 0 Å². The molecule has 0 amide bonds. The lowest BCUT2D eigenvalue weighted by Crippen LogP contribution is -2.45. The first-order valence-corrected chi connectivity index (χ1v) is 12.5. The molecule has 202 valence electrons. The fraction of sp³-hybridized carbons (Fsp3) is 0.483. The Labute approximate surface area is 215 Å². The molecule has 0 radical (unpaired) electrons. The highest BCUT2D eigenvalue weighted by atomic mass is 19.4. The van der Waals surface area contributed by atoms with Crippen LogP contribution in [0.3, 0.4) is 0 Å². The number of hydrogen-bond donors (Lipinski definition) is 0. The van der Waals surface area contributed by atoms with E-state index in [0.29, 0.717) is 17.1 Å². The van der Waals surface area contributed by atoms with Crippen LogP contribution in [-0.4, -0.2) is 32.5 Å². The number of carbonyl (C=O) groups is 1. The van der Waals surface area contributed by atoms with Crippen molar-refractivity contribution < 1.29 is 36.6 Å². The van der Waals surface area contributed by atoms with Gasteiger partial charge >= 0.3 is 12.1 Å². The Morgan fingerprint density at radius 3 is 2.43 bits per heavy atom. The number of rotatable bonds is 12. The SMILES string of the molecule is CCCCCc1ccc(-c2cc3ccc(OCC(C)(COC(=O)C(C)C)C(F)(F)F)cc3o2)c(OC)c1. The van der Waals surface area contributed by atoms with Crippen LogP contribution in [0, 0.1) is 11.3 Å². The molecule has 0 N–H and O–H groups in total. The van der Waals surface area contributed by atoms with Crippen LogP contribution in [0.15, 0.2) is 46.9 Å². The summed E-state index contributed by atoms with van der Waals surface area (Å²) in [6, 6.07) is 12.8. The first kappa shape index (κ1) is 28.4. The van der Waals surface area contributed by atoms with Crippen molar-refractivity contribution in [3.05, 3.63) is 48.0 Å². The molecule has 0 aliphatic rings. The van der Waals surface area contributed by atoms with Crippen LogP contribution in [0.25, 0.3) is 22.3 Å². The maximum Gasteiger partial charge on any atom is 0.400 e. The quantitative estimate of drug-likeness (QED) is 0.179. The summed E-state index contributed by atoms with van der Waals surface area (Å²) in [6.07, 6.45) is -0.228. The fourth-order valence-electron chi connectivity index (χ4n) is 3.75. The molecule has 0 bridgehead atoms. The van der Waals surface area contributed by atoms with Crippen molar-refractivity contribution in [2.45, 2.75) is 59.6 Å². The van der Waals surface area contributed by atoms with Gasteiger partial charge in [0.15, 0.2) is 0 Å². The number of alkyl halides is 3. The highest BCUT2D eigenvalue weighted by molar-refractivity contribution is 5.85. The number of fused-ring (bicyclic) bond motifs is 1. The zero-order valence-corrected chi connectivity index (χ0v) is 22.0. The van der Waals surface area contributed by atoms with Gasteiger partial charge in [0, 0.05) is 11.5 Å². The van der Waals surface area contributed by atoms with E-state index in [0.717, 1.165) is 37.1 Å². The van der Waals surface area contributed by atoms with Crippen molar-refractivity contribution in [2.75, 3.05) is 20.3 Å². The summed E-state index contributed by atoms with van der Waals surface area (Å²) in [5.41, 5.74) is 0.0822. The van der Waals surface area contributed by atoms with Crippen LogP contribution in [-0.2, 0) is 16.0 Å². The number of furan rings is 1. The Bertz CT molecular complexity index is 1200. The third kappa shape index (κ3) is 6.99. The molecule has 8 heteroatoms. The number of esters is 1. The molecular weight excluding hydrogens is 485 g/mol. The highest BCUT2D eigenvalue weighted by Crippen LogP contribution is 2.40. The molecule has 0 saturated carbocycles. The topological polar surface area (TPSA) is 57.9 Å². The van der Waals surface area contributed by atoms with Crippen molar-refractivity contribution in [3.8, 4) is 22.8 Å². The summed E-state index contributed by atoms with van der Waals surface area (Å²) in [5, 5.41) is 0.779. The van der Waals surface area contributed by atoms with E-state index in [4.69, 9.17) is 18.6 Å². The van der Waals surface area contributed by atoms with Crippen molar-refractivity contribution in [1.29, 1.82) is 0 Å². The van der Waals surface area contributed by atoms with Gasteiger partial charge in [0.05, 0.1) is 18.6 Å². The smallest absolute Gasteiger partial charge is 0.400 e. The van der Waals surface area contributed by atoms with Gasteiger partial charge in [0.2, 0.25) is 0 Å². The summed E-state index contributed by atoms with van der Waals surface area (Å²) < 4.78 is 63.4. The number of methoxy groups -OCH3 is 1. The van der Waals surface area contributed by atoms with E-state index in [1.807, 2.05) is 18.2 Å². The van der Waals surface area contributed by atoms with E-state index in [2.05, 4.69) is 13.0 Å². The maximum atomic E-state index is 13.8. The number of aryl methyl sites for hydroxylation is 1. The molecular formula is C29H35F3O5. The van der Waals surface area contributed by atoms with Gasteiger partial charge in [-0.1, -0.05) is 39.7 Å². The monoisotopic (exact) mass is 520 g/mol. The van der Waals surface area contributed by atoms with E-state index in [1.54, 1.807) is 39.2 Å². The van der Waals surface area contributed by atoms with Crippen LogP contribution < -0.4 is 9.47 Å². The van der Waals surface area contributed by atoms with Gasteiger partial charge in [-0.15, -0.1) is 0 Å². The van der Waals surface area contributed by atoms with E-state index < -0.39 is 36.7 Å². The Morgan fingerprint density at radius 2 is 1.78 bits per heavy atom. The first-order chi connectivity index (χ1) is 17.5. The summed E-state index contributed by atoms with van der Waals surface area (Å²) in [7, 11) is 1.61. The lowest BCUT2D eigenvalue weighted by atomic mass is 9.92. The predicted molar refractivity (Wildman–Crippen MR) is 137 cm³/mol. The molecule has 37 heavy (non-hydrogen) atoms. The van der Waals surface area contributed by atoms with Gasteiger partial charge in [0.25, 0.3) is 0 Å². The third-order valence-corrected chi connectivity index (χ3v) is 6.34. The number of hydrogen-bond acceptors (Lipinski definition) is 5. The maximum absolute atomic E-state index is 13.8. The Hall–Kier alpha value is -3.16. The predicted octanol–water partition coefficient (Wildman–Crippen LogP) is 7.99. The van der Waals surface area contributed by atoms with E-state index in [9.17, 15) is 18.0 Å². The number of benzene rings is 2. The zero-order chi connectivity index (χ0) is 27.2. The van der Waals surface area contributed by atoms with Gasteiger partial charge in [0.1, 0.15) is 41.5 Å². The van der Waals surface area contributed by atoms with Crippen LogP contribution in [0.5, 0.6) is 11.5 Å². The molecule has 0 aliphatic heterocycles. The van der Waals surface area contributed by atoms with Crippen LogP contribution in [0.4, 0.5) is 13.2 Å². The van der Waals surface area contributed by atoms with E-state index in [1.165, 1.54) is 12.0 Å². The molecule has 1 aromatic heterocycles. The second-order valence-electron chi connectivity index (χ2n) is 9.91. The summed E-state index contributed by atoms with van der Waals surface area (Å²) in [6.45, 7) is 4.73. The number of halogens is 3. The standard InChI is InChI=1S/C29H35F3O5/c1-6-7-8-9-20-10-13-23(25(14-20)34-5)26-15-21-11-12-22(16-24(21)37-26)35-17-28(4,29(30,31)32)18-36-27(33)19(2)3/h10-16,19H,6-9,17-18H2,1-5H3. The molecule has 0 spiro atoms. The van der Waals surface area contributed by atoms with Gasteiger partial charge in [-0.05, 0) is 55.7 Å². The molecule has 0 fully saturated rings. The lowest BCUT2D eigenvalue weighted by molar-refractivity contribution is -0.241. The van der Waals surface area contributed by atoms with Crippen molar-refractivity contribution in [2.24, 2.45) is 11.3 Å². The molecule has 1 heterocycles. The minimum atomic E-state index is -4.63. The lowest BCUT2D eigenvalue weighted by Gasteiger charge is -2.31. The Balaban J connectivity index is 1.78. The van der Waals surface area contributed by atoms with Crippen LogP contribution in [0.1, 0.15) is 52.5 Å². The first-order valence-electron chi connectivity index (χ1n) is 12.5. The third-order valence-electron chi connectivity index (χ3n) is 6.34. The number of ether oxygens (including phenoxy) is 3. The molecule has 3 rings (SSSR count). The summed E-state index contributed by atoms with van der Waals surface area (Å²) in [4.78, 5) is 11.7. The van der Waals surface area contributed by atoms with Crippen molar-refractivity contribution >= 4 is 16.9 Å². The fourth-order valence-corrected chi connectivity index (χ4v) is 3.75. The molecule has 0 aliphatic carbocycles. The van der Waals surface area contributed by atoms with Crippen molar-refractivity contribution in [3.63, 3.8) is 0 Å².